The molecule has 0 bridgehead atoms. The smallest absolute Gasteiger partial charge is 0.249 e. The average molecular weight is 438 g/mol. The number of aromatic nitrogens is 6. The molecule has 0 saturated carbocycles. The molecule has 0 fully saturated rings. The zero-order valence-electron chi connectivity index (χ0n) is 17.0. The van der Waals surface area contributed by atoms with E-state index >= 15 is 0 Å². The standard InChI is InChI=1S/C21H20ClN7O2/c1-14(2)28(12-18-23-25-21(31-18)16-10-6-7-11-17(16)22)19(30)13-29-26-20(24-27-29)15-8-4-3-5-9-15/h3-11,14H,12-13H2,1-2H3. The van der Waals surface area contributed by atoms with Crippen LogP contribution in [0.15, 0.2) is 59.0 Å². The Bertz CT molecular complexity index is 1170. The molecule has 2 heterocycles. The summed E-state index contributed by atoms with van der Waals surface area (Å²) >= 11 is 6.20. The Morgan fingerprint density at radius 1 is 1.06 bits per heavy atom. The third-order valence-corrected chi connectivity index (χ3v) is 4.91. The van der Waals surface area contributed by atoms with E-state index in [1.54, 1.807) is 17.0 Å². The van der Waals surface area contributed by atoms with Gasteiger partial charge in [0.05, 0.1) is 17.1 Å². The molecule has 10 heteroatoms. The largest absolute Gasteiger partial charge is 0.419 e. The molecule has 0 aliphatic rings. The lowest BCUT2D eigenvalue weighted by atomic mass is 10.2. The Morgan fingerprint density at radius 3 is 2.55 bits per heavy atom. The van der Waals surface area contributed by atoms with Crippen molar-refractivity contribution < 1.29 is 9.21 Å². The number of nitrogens with zero attached hydrogens (tertiary/aromatic N) is 7. The molecule has 2 aromatic heterocycles. The zero-order chi connectivity index (χ0) is 21.8. The van der Waals surface area contributed by atoms with Gasteiger partial charge in [-0.3, -0.25) is 4.79 Å². The first-order valence-corrected chi connectivity index (χ1v) is 10.1. The molecule has 158 valence electrons. The van der Waals surface area contributed by atoms with Crippen LogP contribution in [0.2, 0.25) is 5.02 Å². The second-order valence-electron chi connectivity index (χ2n) is 7.11. The molecule has 0 unspecified atom stereocenters. The average Bonchev–Trinajstić information content (AvgIpc) is 3.42. The number of carbonyl (C=O) groups excluding carboxylic acids is 1. The Labute approximate surface area is 183 Å². The van der Waals surface area contributed by atoms with Gasteiger partial charge in [-0.1, -0.05) is 54.1 Å². The van der Waals surface area contributed by atoms with E-state index in [4.69, 9.17) is 16.0 Å². The topological polar surface area (TPSA) is 103 Å². The van der Waals surface area contributed by atoms with Crippen LogP contribution < -0.4 is 0 Å². The summed E-state index contributed by atoms with van der Waals surface area (Å²) < 4.78 is 5.74. The highest BCUT2D eigenvalue weighted by atomic mass is 35.5. The van der Waals surface area contributed by atoms with Crippen molar-refractivity contribution in [3.05, 3.63) is 65.5 Å². The highest BCUT2D eigenvalue weighted by Gasteiger charge is 2.22. The molecular weight excluding hydrogens is 418 g/mol. The lowest BCUT2D eigenvalue weighted by molar-refractivity contribution is -0.135. The molecule has 0 radical (unpaired) electrons. The van der Waals surface area contributed by atoms with Crippen molar-refractivity contribution in [3.63, 3.8) is 0 Å². The predicted octanol–water partition coefficient (Wildman–Crippen LogP) is 3.48. The van der Waals surface area contributed by atoms with Gasteiger partial charge in [-0.25, -0.2) is 0 Å². The fourth-order valence-corrected chi connectivity index (χ4v) is 3.21. The van der Waals surface area contributed by atoms with Crippen LogP contribution in [0, 0.1) is 0 Å². The van der Waals surface area contributed by atoms with Crippen LogP contribution in [0.4, 0.5) is 0 Å². The van der Waals surface area contributed by atoms with Gasteiger partial charge < -0.3 is 9.32 Å². The van der Waals surface area contributed by atoms with Gasteiger partial charge in [0.25, 0.3) is 0 Å². The van der Waals surface area contributed by atoms with Gasteiger partial charge in [0, 0.05) is 11.6 Å². The summed E-state index contributed by atoms with van der Waals surface area (Å²) in [7, 11) is 0. The number of amides is 1. The maximum Gasteiger partial charge on any atom is 0.249 e. The van der Waals surface area contributed by atoms with E-state index in [9.17, 15) is 4.79 Å². The number of carbonyl (C=O) groups is 1. The lowest BCUT2D eigenvalue weighted by Gasteiger charge is -2.24. The molecule has 0 aliphatic heterocycles. The van der Waals surface area contributed by atoms with E-state index in [0.29, 0.717) is 28.2 Å². The van der Waals surface area contributed by atoms with Gasteiger partial charge in [-0.05, 0) is 31.2 Å². The number of halogens is 1. The van der Waals surface area contributed by atoms with Crippen LogP contribution in [0.25, 0.3) is 22.8 Å². The molecular formula is C21H20ClN7O2. The fourth-order valence-electron chi connectivity index (χ4n) is 2.99. The third-order valence-electron chi connectivity index (χ3n) is 4.58. The maximum atomic E-state index is 12.9. The monoisotopic (exact) mass is 437 g/mol. The number of tetrazole rings is 1. The maximum absolute atomic E-state index is 12.9. The van der Waals surface area contributed by atoms with E-state index in [-0.39, 0.29) is 25.0 Å². The highest BCUT2D eigenvalue weighted by Crippen LogP contribution is 2.26. The minimum Gasteiger partial charge on any atom is -0.419 e. The third kappa shape index (κ3) is 4.77. The van der Waals surface area contributed by atoms with Gasteiger partial charge in [0.2, 0.25) is 23.5 Å². The summed E-state index contributed by atoms with van der Waals surface area (Å²) in [6.07, 6.45) is 0. The summed E-state index contributed by atoms with van der Waals surface area (Å²) in [4.78, 5) is 15.8. The van der Waals surface area contributed by atoms with Crippen LogP contribution in [-0.2, 0) is 17.9 Å². The van der Waals surface area contributed by atoms with Crippen LogP contribution in [0.3, 0.4) is 0 Å². The van der Waals surface area contributed by atoms with Crippen molar-refractivity contribution in [2.45, 2.75) is 33.0 Å². The fraction of sp³-hybridized carbons (Fsp3) is 0.238. The molecule has 2 aromatic carbocycles. The molecule has 4 rings (SSSR count). The first kappa shape index (κ1) is 20.7. The SMILES string of the molecule is CC(C)N(Cc1nnc(-c2ccccc2Cl)o1)C(=O)Cn1nnc(-c2ccccc2)n1. The van der Waals surface area contributed by atoms with Crippen LogP contribution in [0.1, 0.15) is 19.7 Å². The van der Waals surface area contributed by atoms with E-state index < -0.39 is 0 Å². The van der Waals surface area contributed by atoms with Crippen LogP contribution in [0.5, 0.6) is 0 Å². The van der Waals surface area contributed by atoms with E-state index in [0.717, 1.165) is 5.56 Å². The van der Waals surface area contributed by atoms with Gasteiger partial charge in [-0.15, -0.1) is 20.4 Å². The zero-order valence-corrected chi connectivity index (χ0v) is 17.8. The lowest BCUT2D eigenvalue weighted by Crippen LogP contribution is -2.39. The summed E-state index contributed by atoms with van der Waals surface area (Å²) in [5.74, 6) is 0.894. The molecule has 1 amide bonds. The summed E-state index contributed by atoms with van der Waals surface area (Å²) in [5, 5.41) is 21.0. The van der Waals surface area contributed by atoms with Crippen LogP contribution >= 0.6 is 11.6 Å². The quantitative estimate of drug-likeness (QED) is 0.436. The normalized spacial score (nSPS) is 11.1. The van der Waals surface area contributed by atoms with Gasteiger partial charge in [0.1, 0.15) is 6.54 Å². The predicted molar refractivity (Wildman–Crippen MR) is 114 cm³/mol. The van der Waals surface area contributed by atoms with E-state index in [2.05, 4.69) is 25.6 Å². The van der Waals surface area contributed by atoms with Gasteiger partial charge in [0.15, 0.2) is 0 Å². The Balaban J connectivity index is 1.46. The number of hydrogen-bond donors (Lipinski definition) is 0. The number of hydrogen-bond acceptors (Lipinski definition) is 7. The Kier molecular flexibility index (Phi) is 6.03. The van der Waals surface area contributed by atoms with Crippen molar-refractivity contribution >= 4 is 17.5 Å². The van der Waals surface area contributed by atoms with Crippen molar-refractivity contribution in [1.82, 2.24) is 35.3 Å². The summed E-state index contributed by atoms with van der Waals surface area (Å²) in [6.45, 7) is 3.93. The molecule has 0 atom stereocenters. The minimum absolute atomic E-state index is 0.0521. The molecule has 31 heavy (non-hydrogen) atoms. The second kappa shape index (κ2) is 9.05. The molecule has 9 nitrogen and oxygen atoms in total. The molecule has 0 N–H and O–H groups in total. The highest BCUT2D eigenvalue weighted by molar-refractivity contribution is 6.33. The number of rotatable bonds is 7. The Morgan fingerprint density at radius 2 is 1.81 bits per heavy atom. The van der Waals surface area contributed by atoms with Crippen molar-refractivity contribution in [1.29, 1.82) is 0 Å². The number of benzene rings is 2. The van der Waals surface area contributed by atoms with Crippen LogP contribution in [-0.4, -0.2) is 47.3 Å². The second-order valence-corrected chi connectivity index (χ2v) is 7.51. The minimum atomic E-state index is -0.190. The van der Waals surface area contributed by atoms with E-state index in [1.807, 2.05) is 56.3 Å². The van der Waals surface area contributed by atoms with Gasteiger partial charge in [-0.2, -0.15) is 4.80 Å². The molecule has 0 aliphatic carbocycles. The van der Waals surface area contributed by atoms with Gasteiger partial charge >= 0.3 is 0 Å². The van der Waals surface area contributed by atoms with E-state index in [1.165, 1.54) is 4.80 Å². The summed E-state index contributed by atoms with van der Waals surface area (Å²) in [6, 6.07) is 16.6. The molecule has 0 saturated heterocycles. The molecule has 4 aromatic rings. The van der Waals surface area contributed by atoms with Crippen molar-refractivity contribution in [3.8, 4) is 22.8 Å². The summed E-state index contributed by atoms with van der Waals surface area (Å²) in [5.41, 5.74) is 1.48. The Hall–Kier alpha value is -3.59. The molecule has 0 spiro atoms. The first-order valence-electron chi connectivity index (χ1n) is 9.71. The van der Waals surface area contributed by atoms with Crippen molar-refractivity contribution in [2.24, 2.45) is 0 Å². The van der Waals surface area contributed by atoms with Crippen molar-refractivity contribution in [2.75, 3.05) is 0 Å². The first-order chi connectivity index (χ1) is 15.0.